The molecule has 0 spiro atoms. The average Bonchev–Trinajstić information content (AvgIpc) is 3.69. The molecule has 0 saturated heterocycles. The van der Waals surface area contributed by atoms with Crippen molar-refractivity contribution in [2.24, 2.45) is 0 Å². The number of hydrogen-bond donors (Lipinski definition) is 0. The summed E-state index contributed by atoms with van der Waals surface area (Å²) in [6.45, 7) is 0.0889. The highest BCUT2D eigenvalue weighted by atomic mass is 16.3. The maximum Gasteiger partial charge on any atom is 0.252 e. The molecule has 4 nitrogen and oxygen atoms in total. The smallest absolute Gasteiger partial charge is 0.252 e. The third-order valence-corrected chi connectivity index (χ3v) is 10.0. The van der Waals surface area contributed by atoms with Crippen LogP contribution in [-0.2, 0) is 0 Å². The molecule has 0 radical (unpaired) electrons. The quantitative estimate of drug-likeness (QED) is 0.185. The second kappa shape index (κ2) is 9.18. The first kappa shape index (κ1) is 25.0. The molecule has 0 bridgehead atoms. The molecule has 0 saturated carbocycles. The van der Waals surface area contributed by atoms with Gasteiger partial charge in [-0.05, 0) is 77.1 Å². The first-order valence-electron chi connectivity index (χ1n) is 16.1. The summed E-state index contributed by atoms with van der Waals surface area (Å²) in [5, 5.41) is 4.53. The molecule has 0 unspecified atom stereocenters. The summed E-state index contributed by atoms with van der Waals surface area (Å²) >= 11 is 0. The van der Waals surface area contributed by atoms with Crippen LogP contribution < -0.4 is 26.2 Å². The lowest BCUT2D eigenvalue weighted by molar-refractivity contribution is 0.668. The summed E-state index contributed by atoms with van der Waals surface area (Å²) in [6.07, 6.45) is 0. The van der Waals surface area contributed by atoms with E-state index in [9.17, 15) is 0 Å². The summed E-state index contributed by atoms with van der Waals surface area (Å²) in [6, 6.07) is 54.2. The van der Waals surface area contributed by atoms with E-state index in [1.54, 1.807) is 0 Å². The number of fused-ring (bicyclic) bond motifs is 10. The highest BCUT2D eigenvalue weighted by Crippen LogP contribution is 2.45. The average molecular weight is 600 g/mol. The van der Waals surface area contributed by atoms with Crippen molar-refractivity contribution in [1.82, 2.24) is 0 Å². The van der Waals surface area contributed by atoms with E-state index in [0.29, 0.717) is 0 Å². The topological polar surface area (TPSA) is 32.8 Å². The van der Waals surface area contributed by atoms with E-state index in [2.05, 4.69) is 137 Å². The molecule has 11 rings (SSSR count). The molecule has 4 heterocycles. The normalized spacial score (nSPS) is 13.4. The van der Waals surface area contributed by atoms with E-state index in [4.69, 9.17) is 8.83 Å². The predicted molar refractivity (Wildman–Crippen MR) is 195 cm³/mol. The minimum atomic E-state index is 0.0889. The van der Waals surface area contributed by atoms with Crippen LogP contribution in [0.4, 0.5) is 34.1 Å². The van der Waals surface area contributed by atoms with Crippen LogP contribution in [0.25, 0.3) is 43.9 Å². The summed E-state index contributed by atoms with van der Waals surface area (Å²) in [7, 11) is 0. The number of rotatable bonds is 2. The Morgan fingerprint density at radius 3 is 1.32 bits per heavy atom. The van der Waals surface area contributed by atoms with Crippen LogP contribution in [-0.4, -0.2) is 6.71 Å². The van der Waals surface area contributed by atoms with Gasteiger partial charge in [0.05, 0.1) is 0 Å². The van der Waals surface area contributed by atoms with Crippen molar-refractivity contribution in [1.29, 1.82) is 0 Å². The molecule has 218 valence electrons. The number of hydrogen-bond acceptors (Lipinski definition) is 4. The maximum absolute atomic E-state index is 6.37. The van der Waals surface area contributed by atoms with Crippen LogP contribution in [0.3, 0.4) is 0 Å². The Labute approximate surface area is 270 Å². The molecule has 0 atom stereocenters. The van der Waals surface area contributed by atoms with Crippen LogP contribution in [0, 0.1) is 0 Å². The minimum Gasteiger partial charge on any atom is -0.456 e. The number of para-hydroxylation sites is 4. The standard InChI is InChI=1S/C42H25BN2O2/c1-7-18-38-28(10-1)30-22-20-26(24-40(30)46-38)44-34-14-5-3-12-32(34)43-33-13-4-6-15-35(33)45(37-17-9-16-36(44)42(37)43)27-21-23-31-29-11-2-8-19-39(29)47-41(31)25-27/h1-25H. The predicted octanol–water partition coefficient (Wildman–Crippen LogP) is 9.57. The number of furan rings is 2. The van der Waals surface area contributed by atoms with Crippen molar-refractivity contribution in [3.8, 4) is 0 Å². The zero-order valence-corrected chi connectivity index (χ0v) is 25.2. The van der Waals surface area contributed by atoms with Crippen molar-refractivity contribution < 1.29 is 8.83 Å². The third-order valence-electron chi connectivity index (χ3n) is 10.0. The largest absolute Gasteiger partial charge is 0.456 e. The maximum atomic E-state index is 6.37. The molecule has 0 amide bonds. The Kier molecular flexibility index (Phi) is 4.89. The Hall–Kier alpha value is -6.20. The minimum absolute atomic E-state index is 0.0889. The lowest BCUT2D eigenvalue weighted by Gasteiger charge is -2.44. The third kappa shape index (κ3) is 3.38. The van der Waals surface area contributed by atoms with Crippen molar-refractivity contribution in [3.63, 3.8) is 0 Å². The Balaban J connectivity index is 1.16. The Morgan fingerprint density at radius 2 is 0.787 bits per heavy atom. The number of anilines is 6. The van der Waals surface area contributed by atoms with Crippen molar-refractivity contribution in [2.75, 3.05) is 9.80 Å². The molecular weight excluding hydrogens is 575 g/mol. The molecule has 2 aliphatic rings. The van der Waals surface area contributed by atoms with Gasteiger partial charge in [0.1, 0.15) is 22.3 Å². The summed E-state index contributed by atoms with van der Waals surface area (Å²) in [4.78, 5) is 4.82. The molecule has 5 heteroatoms. The van der Waals surface area contributed by atoms with E-state index < -0.39 is 0 Å². The lowest BCUT2D eigenvalue weighted by Crippen LogP contribution is -2.61. The fourth-order valence-electron chi connectivity index (χ4n) is 8.10. The van der Waals surface area contributed by atoms with Gasteiger partial charge in [0.15, 0.2) is 0 Å². The Morgan fingerprint density at radius 1 is 0.362 bits per heavy atom. The summed E-state index contributed by atoms with van der Waals surface area (Å²) < 4.78 is 12.7. The zero-order valence-electron chi connectivity index (χ0n) is 25.2. The molecule has 47 heavy (non-hydrogen) atoms. The monoisotopic (exact) mass is 600 g/mol. The van der Waals surface area contributed by atoms with Crippen LogP contribution in [0.2, 0.25) is 0 Å². The highest BCUT2D eigenvalue weighted by molar-refractivity contribution is 7.00. The first-order chi connectivity index (χ1) is 23.3. The van der Waals surface area contributed by atoms with Gasteiger partial charge in [0, 0.05) is 67.8 Å². The summed E-state index contributed by atoms with van der Waals surface area (Å²) in [5.41, 5.74) is 14.3. The molecule has 7 aromatic carbocycles. The number of nitrogens with zero attached hydrogens (tertiary/aromatic N) is 2. The fourth-order valence-corrected chi connectivity index (χ4v) is 8.10. The second-order valence-electron chi connectivity index (χ2n) is 12.5. The zero-order chi connectivity index (χ0) is 30.6. The van der Waals surface area contributed by atoms with E-state index in [-0.39, 0.29) is 6.71 Å². The number of benzene rings is 7. The SMILES string of the molecule is c1ccc2c(c1)B1c3ccccc3N(c3ccc4c(c3)oc3ccccc34)c3cccc(c31)N2c1ccc2c(c1)oc1ccccc12. The van der Waals surface area contributed by atoms with E-state index >= 15 is 0 Å². The molecule has 0 N–H and O–H groups in total. The molecule has 9 aromatic rings. The van der Waals surface area contributed by atoms with Gasteiger partial charge in [-0.25, -0.2) is 0 Å². The van der Waals surface area contributed by atoms with Gasteiger partial charge < -0.3 is 18.6 Å². The highest BCUT2D eigenvalue weighted by Gasteiger charge is 2.42. The van der Waals surface area contributed by atoms with E-state index in [0.717, 1.165) is 55.3 Å². The van der Waals surface area contributed by atoms with Gasteiger partial charge in [-0.2, -0.15) is 0 Å². The van der Waals surface area contributed by atoms with Crippen LogP contribution in [0.15, 0.2) is 160 Å². The van der Waals surface area contributed by atoms with Gasteiger partial charge >= 0.3 is 0 Å². The van der Waals surface area contributed by atoms with Crippen LogP contribution in [0.1, 0.15) is 0 Å². The van der Waals surface area contributed by atoms with Gasteiger partial charge in [0.25, 0.3) is 6.71 Å². The van der Waals surface area contributed by atoms with E-state index in [1.165, 1.54) is 39.1 Å². The molecular formula is C42H25BN2O2. The second-order valence-corrected chi connectivity index (χ2v) is 12.5. The van der Waals surface area contributed by atoms with Gasteiger partial charge in [-0.3, -0.25) is 0 Å². The molecule has 0 fully saturated rings. The molecule has 0 aliphatic carbocycles. The van der Waals surface area contributed by atoms with Gasteiger partial charge in [-0.15, -0.1) is 0 Å². The van der Waals surface area contributed by atoms with E-state index in [1.807, 2.05) is 24.3 Å². The fraction of sp³-hybridized carbons (Fsp3) is 0. The summed E-state index contributed by atoms with van der Waals surface area (Å²) in [5.74, 6) is 0. The molecule has 2 aromatic heterocycles. The first-order valence-corrected chi connectivity index (χ1v) is 16.1. The van der Waals surface area contributed by atoms with Gasteiger partial charge in [0.2, 0.25) is 0 Å². The molecule has 2 aliphatic heterocycles. The lowest BCUT2D eigenvalue weighted by atomic mass is 9.33. The van der Waals surface area contributed by atoms with Crippen molar-refractivity contribution in [3.05, 3.63) is 152 Å². The van der Waals surface area contributed by atoms with Crippen molar-refractivity contribution in [2.45, 2.75) is 0 Å². The van der Waals surface area contributed by atoms with Crippen LogP contribution >= 0.6 is 0 Å². The van der Waals surface area contributed by atoms with Crippen LogP contribution in [0.5, 0.6) is 0 Å². The Bertz CT molecular complexity index is 2560. The van der Waals surface area contributed by atoms with Gasteiger partial charge in [-0.1, -0.05) is 78.9 Å². The van der Waals surface area contributed by atoms with Crippen molar-refractivity contribution >= 4 is 101 Å².